The number of carbonyl (C=O) groups excluding carboxylic acids is 3. The van der Waals surface area contributed by atoms with Gasteiger partial charge in [-0.05, 0) is 43.5 Å². The monoisotopic (exact) mass is 576 g/mol. The molecule has 3 heterocycles. The first-order chi connectivity index (χ1) is 17.8. The van der Waals surface area contributed by atoms with Crippen LogP contribution in [-0.2, 0) is 23.9 Å². The molecule has 3 unspecified atom stereocenters. The van der Waals surface area contributed by atoms with Crippen LogP contribution in [0.25, 0.3) is 0 Å². The summed E-state index contributed by atoms with van der Waals surface area (Å²) >= 11 is 3.64. The van der Waals surface area contributed by atoms with Crippen molar-refractivity contribution in [2.75, 3.05) is 38.3 Å². The quantitative estimate of drug-likeness (QED) is 0.176. The number of amides is 2. The highest BCUT2D eigenvalue weighted by Gasteiger charge is 2.77. The zero-order chi connectivity index (χ0) is 26.7. The average molecular weight is 577 g/mol. The smallest absolute Gasteiger partial charge is 0.312 e. The summed E-state index contributed by atoms with van der Waals surface area (Å²) in [7, 11) is 1.56. The number of esters is 1. The minimum absolute atomic E-state index is 0.144. The van der Waals surface area contributed by atoms with Crippen LogP contribution in [0.5, 0.6) is 5.75 Å². The highest BCUT2D eigenvalue weighted by molar-refractivity contribution is 9.09. The van der Waals surface area contributed by atoms with Gasteiger partial charge in [-0.25, -0.2) is 0 Å². The Morgan fingerprint density at radius 2 is 2.03 bits per heavy atom. The van der Waals surface area contributed by atoms with Crippen LogP contribution < -0.4 is 9.64 Å². The normalized spacial score (nSPS) is 29.6. The number of ether oxygens (including phenoxy) is 3. The molecule has 0 aliphatic carbocycles. The van der Waals surface area contributed by atoms with E-state index in [0.717, 1.165) is 0 Å². The van der Waals surface area contributed by atoms with Crippen molar-refractivity contribution in [1.82, 2.24) is 4.90 Å². The van der Waals surface area contributed by atoms with Gasteiger partial charge in [0, 0.05) is 30.2 Å². The molecule has 0 aromatic heterocycles. The van der Waals surface area contributed by atoms with Crippen molar-refractivity contribution in [1.29, 1.82) is 0 Å². The molecule has 2 bridgehead atoms. The fourth-order valence-corrected chi connectivity index (χ4v) is 6.80. The maximum atomic E-state index is 14.3. The summed E-state index contributed by atoms with van der Waals surface area (Å²) in [4.78, 5) is 44.1. The number of aliphatic hydroxyl groups is 1. The number of fused-ring (bicyclic) bond motifs is 1. The molecule has 9 nitrogen and oxygen atoms in total. The van der Waals surface area contributed by atoms with Crippen LogP contribution in [0, 0.1) is 11.8 Å². The molecule has 3 fully saturated rings. The van der Waals surface area contributed by atoms with Gasteiger partial charge in [0.2, 0.25) is 5.91 Å². The molecule has 1 spiro atoms. The second kappa shape index (κ2) is 11.4. The van der Waals surface area contributed by atoms with E-state index in [2.05, 4.69) is 29.1 Å². The van der Waals surface area contributed by atoms with Crippen LogP contribution >= 0.6 is 15.9 Å². The van der Waals surface area contributed by atoms with Crippen molar-refractivity contribution < 1.29 is 33.7 Å². The molecule has 1 aromatic rings. The van der Waals surface area contributed by atoms with Gasteiger partial charge in [-0.2, -0.15) is 0 Å². The van der Waals surface area contributed by atoms with Gasteiger partial charge in [0.1, 0.15) is 17.4 Å². The fourth-order valence-electron chi connectivity index (χ4n) is 5.86. The van der Waals surface area contributed by atoms with Gasteiger partial charge >= 0.3 is 5.97 Å². The van der Waals surface area contributed by atoms with Gasteiger partial charge < -0.3 is 29.1 Å². The number of nitrogens with zero attached hydrogens (tertiary/aromatic N) is 2. The number of rotatable bonds is 12. The molecule has 10 heteroatoms. The Bertz CT molecular complexity index is 1050. The van der Waals surface area contributed by atoms with Gasteiger partial charge in [0.05, 0.1) is 31.7 Å². The molecule has 0 saturated carbocycles. The van der Waals surface area contributed by atoms with E-state index in [9.17, 15) is 19.5 Å². The number of methoxy groups -OCH3 is 1. The number of hydrogen-bond donors (Lipinski definition) is 1. The topological polar surface area (TPSA) is 106 Å². The lowest BCUT2D eigenvalue weighted by molar-refractivity contribution is -0.154. The molecule has 200 valence electrons. The Morgan fingerprint density at radius 3 is 2.65 bits per heavy atom. The molecule has 4 rings (SSSR count). The second-order valence-electron chi connectivity index (χ2n) is 9.45. The van der Waals surface area contributed by atoms with E-state index in [1.807, 2.05) is 0 Å². The number of benzene rings is 1. The van der Waals surface area contributed by atoms with E-state index < -0.39 is 35.6 Å². The minimum Gasteiger partial charge on any atom is -0.497 e. The first-order valence-electron chi connectivity index (χ1n) is 12.4. The summed E-state index contributed by atoms with van der Waals surface area (Å²) in [5.74, 6) is -2.21. The van der Waals surface area contributed by atoms with Crippen LogP contribution in [-0.4, -0.2) is 83.8 Å². The Hall–Kier alpha value is -2.69. The van der Waals surface area contributed by atoms with E-state index in [4.69, 9.17) is 14.2 Å². The van der Waals surface area contributed by atoms with E-state index in [1.165, 1.54) is 4.90 Å². The lowest BCUT2D eigenvalue weighted by Gasteiger charge is -2.37. The van der Waals surface area contributed by atoms with Crippen molar-refractivity contribution in [2.45, 2.75) is 41.8 Å². The molecule has 3 saturated heterocycles. The van der Waals surface area contributed by atoms with Gasteiger partial charge in [-0.3, -0.25) is 14.4 Å². The average Bonchev–Trinajstić information content (AvgIpc) is 3.49. The molecule has 3 aliphatic rings. The highest BCUT2D eigenvalue weighted by Crippen LogP contribution is 2.60. The third kappa shape index (κ3) is 4.70. The number of hydrogen-bond acceptors (Lipinski definition) is 7. The molecular weight excluding hydrogens is 544 g/mol. The Kier molecular flexibility index (Phi) is 8.40. The van der Waals surface area contributed by atoms with Crippen molar-refractivity contribution in [2.24, 2.45) is 11.8 Å². The molecule has 3 aliphatic heterocycles. The molecule has 1 N–H and O–H groups in total. The molecule has 2 amide bonds. The number of halogens is 1. The van der Waals surface area contributed by atoms with Gasteiger partial charge in [0.25, 0.3) is 5.91 Å². The predicted octanol–water partition coefficient (Wildman–Crippen LogP) is 2.46. The molecule has 6 atom stereocenters. The maximum absolute atomic E-state index is 14.3. The first kappa shape index (κ1) is 27.3. The summed E-state index contributed by atoms with van der Waals surface area (Å²) < 4.78 is 17.2. The van der Waals surface area contributed by atoms with Crippen LogP contribution in [0.1, 0.15) is 19.3 Å². The zero-order valence-electron chi connectivity index (χ0n) is 20.9. The van der Waals surface area contributed by atoms with Crippen molar-refractivity contribution >= 4 is 39.4 Å². The van der Waals surface area contributed by atoms with Crippen LogP contribution in [0.4, 0.5) is 5.69 Å². The minimum atomic E-state index is -1.20. The number of alkyl halides is 1. The standard InChI is InChI=1S/C27H33BrN2O7/c1-4-6-15-36-26(34)20-21-24(32)30(13-7-14-31)23(27(21)16-19(28)22(20)37-27)25(33)29(12-5-2)17-8-10-18(35-3)11-9-17/h4-5,8-11,19-23,31H,1-2,6-7,12-16H2,3H3/t19?,20-,21-,22-,23?,27?/m0/s1. The van der Waals surface area contributed by atoms with Crippen molar-refractivity contribution in [3.63, 3.8) is 0 Å². The van der Waals surface area contributed by atoms with Crippen LogP contribution in [0.3, 0.4) is 0 Å². The number of aliphatic hydroxyl groups excluding tert-OH is 1. The maximum Gasteiger partial charge on any atom is 0.312 e. The molecule has 0 radical (unpaired) electrons. The second-order valence-corrected chi connectivity index (χ2v) is 10.6. The SMILES string of the molecule is C=CCCOC(=O)[C@H]1[C@H]2C(=O)N(CCCO)C(C(=O)N(CC=C)c3ccc(OC)cc3)C23CC(Br)[C@@H]1O3. The number of anilines is 1. The molecule has 1 aromatic carbocycles. The van der Waals surface area contributed by atoms with Gasteiger partial charge in [0.15, 0.2) is 0 Å². The zero-order valence-corrected chi connectivity index (χ0v) is 22.5. The molecule has 37 heavy (non-hydrogen) atoms. The van der Waals surface area contributed by atoms with Crippen LogP contribution in [0.2, 0.25) is 0 Å². The number of likely N-dealkylation sites (tertiary alicyclic amines) is 1. The van der Waals surface area contributed by atoms with Gasteiger partial charge in [-0.15, -0.1) is 13.2 Å². The third-order valence-electron chi connectivity index (χ3n) is 7.38. The van der Waals surface area contributed by atoms with Gasteiger partial charge in [-0.1, -0.05) is 28.1 Å². The Balaban J connectivity index is 1.73. The largest absolute Gasteiger partial charge is 0.497 e. The summed E-state index contributed by atoms with van der Waals surface area (Å²) in [5, 5.41) is 9.51. The van der Waals surface area contributed by atoms with Crippen molar-refractivity contribution in [3.05, 3.63) is 49.6 Å². The lowest BCUT2D eigenvalue weighted by Crippen LogP contribution is -2.57. The Morgan fingerprint density at radius 1 is 1.30 bits per heavy atom. The van der Waals surface area contributed by atoms with E-state index >= 15 is 0 Å². The van der Waals surface area contributed by atoms with E-state index in [-0.39, 0.29) is 49.4 Å². The highest BCUT2D eigenvalue weighted by atomic mass is 79.9. The van der Waals surface area contributed by atoms with Crippen molar-refractivity contribution in [3.8, 4) is 5.75 Å². The summed E-state index contributed by atoms with van der Waals surface area (Å²) in [6, 6.07) is 6.07. The lowest BCUT2D eigenvalue weighted by atomic mass is 9.70. The summed E-state index contributed by atoms with van der Waals surface area (Å²) in [6.45, 7) is 7.83. The number of carbonyl (C=O) groups is 3. The fraction of sp³-hybridized carbons (Fsp3) is 0.519. The Labute approximate surface area is 225 Å². The third-order valence-corrected chi connectivity index (χ3v) is 8.23. The predicted molar refractivity (Wildman–Crippen MR) is 140 cm³/mol. The summed E-state index contributed by atoms with van der Waals surface area (Å²) in [5.41, 5.74) is -0.584. The van der Waals surface area contributed by atoms with E-state index in [1.54, 1.807) is 48.4 Å². The summed E-state index contributed by atoms with van der Waals surface area (Å²) in [6.07, 6.45) is 3.85. The first-order valence-corrected chi connectivity index (χ1v) is 13.3. The van der Waals surface area contributed by atoms with E-state index in [0.29, 0.717) is 24.3 Å². The van der Waals surface area contributed by atoms with Crippen LogP contribution in [0.15, 0.2) is 49.6 Å². The molecular formula is C27H33BrN2O7.